The molecule has 0 fully saturated rings. The molecular weight excluding hydrogens is 269 g/mol. The van der Waals surface area contributed by atoms with Crippen LogP contribution in [0.25, 0.3) is 0 Å². The van der Waals surface area contributed by atoms with Gasteiger partial charge in [-0.25, -0.2) is 9.37 Å². The van der Waals surface area contributed by atoms with E-state index in [1.807, 2.05) is 0 Å². The van der Waals surface area contributed by atoms with E-state index < -0.39 is 5.82 Å². The van der Waals surface area contributed by atoms with Gasteiger partial charge in [-0.15, -0.1) is 0 Å². The first-order chi connectivity index (χ1) is 9.01. The van der Waals surface area contributed by atoms with E-state index in [9.17, 15) is 4.39 Å². The molecule has 0 spiro atoms. The number of ether oxygens (including phenoxy) is 1. The molecule has 0 N–H and O–H groups in total. The number of aryl methyl sites for hydroxylation is 1. The van der Waals surface area contributed by atoms with Gasteiger partial charge in [-0.05, 0) is 26.0 Å². The summed E-state index contributed by atoms with van der Waals surface area (Å²) in [5.41, 5.74) is 0.526. The molecule has 1 heterocycles. The van der Waals surface area contributed by atoms with Gasteiger partial charge in [0, 0.05) is 11.6 Å². The Morgan fingerprint density at radius 3 is 2.68 bits per heavy atom. The Kier molecular flexibility index (Phi) is 3.63. The van der Waals surface area contributed by atoms with E-state index in [1.54, 1.807) is 19.9 Å². The van der Waals surface area contributed by atoms with Crippen LogP contribution in [-0.2, 0) is 0 Å². The molecule has 1 aromatic heterocycles. The maximum atomic E-state index is 13.5. The van der Waals surface area contributed by atoms with Gasteiger partial charge in [0.05, 0.1) is 5.56 Å². The summed E-state index contributed by atoms with van der Waals surface area (Å²) in [6.45, 7) is 3.38. The fourth-order valence-electron chi connectivity index (χ4n) is 1.43. The molecule has 0 aliphatic carbocycles. The highest BCUT2D eigenvalue weighted by molar-refractivity contribution is 6.30. The van der Waals surface area contributed by atoms with Crippen molar-refractivity contribution in [1.82, 2.24) is 9.97 Å². The quantitative estimate of drug-likeness (QED) is 0.788. The largest absolute Gasteiger partial charge is 0.438 e. The van der Waals surface area contributed by atoms with Gasteiger partial charge in [-0.1, -0.05) is 11.6 Å². The van der Waals surface area contributed by atoms with Crippen LogP contribution in [0.5, 0.6) is 11.6 Å². The summed E-state index contributed by atoms with van der Waals surface area (Å²) in [6.07, 6.45) is 0. The summed E-state index contributed by atoms with van der Waals surface area (Å²) >= 11 is 5.92. The van der Waals surface area contributed by atoms with Crippen LogP contribution in [0.1, 0.15) is 17.0 Å². The normalized spacial score (nSPS) is 10.1. The second-order valence-electron chi connectivity index (χ2n) is 3.85. The van der Waals surface area contributed by atoms with Gasteiger partial charge in [-0.2, -0.15) is 10.2 Å². The van der Waals surface area contributed by atoms with Gasteiger partial charge < -0.3 is 4.74 Å². The first-order valence-electron chi connectivity index (χ1n) is 5.39. The predicted molar refractivity (Wildman–Crippen MR) is 67.7 cm³/mol. The number of hydrogen-bond acceptors (Lipinski definition) is 4. The average molecular weight is 278 g/mol. The van der Waals surface area contributed by atoms with Crippen molar-refractivity contribution in [3.05, 3.63) is 46.1 Å². The second-order valence-corrected chi connectivity index (χ2v) is 4.21. The van der Waals surface area contributed by atoms with Crippen molar-refractivity contribution < 1.29 is 9.13 Å². The lowest BCUT2D eigenvalue weighted by Gasteiger charge is -2.09. The van der Waals surface area contributed by atoms with Crippen molar-refractivity contribution in [3.63, 3.8) is 0 Å². The van der Waals surface area contributed by atoms with Crippen molar-refractivity contribution in [3.8, 4) is 17.7 Å². The topological polar surface area (TPSA) is 58.8 Å². The molecular formula is C13H9ClFN3O. The number of benzene rings is 1. The fraction of sp³-hybridized carbons (Fsp3) is 0.154. The van der Waals surface area contributed by atoms with Crippen molar-refractivity contribution >= 4 is 11.6 Å². The molecule has 0 saturated heterocycles. The fourth-order valence-corrected chi connectivity index (χ4v) is 1.63. The Labute approximate surface area is 114 Å². The lowest BCUT2D eigenvalue weighted by molar-refractivity contribution is 0.451. The molecule has 1 aromatic carbocycles. The zero-order valence-corrected chi connectivity index (χ0v) is 11.0. The monoisotopic (exact) mass is 277 g/mol. The summed E-state index contributed by atoms with van der Waals surface area (Å²) in [4.78, 5) is 8.07. The van der Waals surface area contributed by atoms with E-state index in [-0.39, 0.29) is 22.3 Å². The Morgan fingerprint density at radius 2 is 2.05 bits per heavy atom. The van der Waals surface area contributed by atoms with E-state index >= 15 is 0 Å². The molecule has 0 atom stereocenters. The third-order valence-electron chi connectivity index (χ3n) is 2.43. The zero-order valence-electron chi connectivity index (χ0n) is 10.2. The first-order valence-corrected chi connectivity index (χ1v) is 5.77. The standard InChI is InChI=1S/C13H9ClFN3O/c1-7-12(14)17-8(2)18-13(7)19-10-4-3-9(6-16)11(15)5-10/h3-5H,1-2H3. The lowest BCUT2D eigenvalue weighted by Crippen LogP contribution is -1.98. The highest BCUT2D eigenvalue weighted by Crippen LogP contribution is 2.27. The number of aromatic nitrogens is 2. The molecule has 0 amide bonds. The Bertz CT molecular complexity index is 682. The van der Waals surface area contributed by atoms with E-state index in [0.29, 0.717) is 11.4 Å². The van der Waals surface area contributed by atoms with Gasteiger partial charge in [0.1, 0.15) is 28.6 Å². The molecule has 0 aliphatic rings. The van der Waals surface area contributed by atoms with Crippen molar-refractivity contribution in [1.29, 1.82) is 5.26 Å². The highest BCUT2D eigenvalue weighted by Gasteiger charge is 2.11. The number of hydrogen-bond donors (Lipinski definition) is 0. The van der Waals surface area contributed by atoms with Gasteiger partial charge in [0.25, 0.3) is 0 Å². The summed E-state index contributed by atoms with van der Waals surface area (Å²) in [5.74, 6) is 0.324. The number of nitrogens with zero attached hydrogens (tertiary/aromatic N) is 3. The minimum absolute atomic E-state index is 0.0408. The molecule has 0 aliphatic heterocycles. The summed E-state index contributed by atoms with van der Waals surface area (Å²) in [5, 5.41) is 8.94. The van der Waals surface area contributed by atoms with Gasteiger partial charge in [0.15, 0.2) is 0 Å². The van der Waals surface area contributed by atoms with E-state index in [2.05, 4.69) is 9.97 Å². The summed E-state index contributed by atoms with van der Waals surface area (Å²) < 4.78 is 18.9. The SMILES string of the molecule is Cc1nc(Cl)c(C)c(Oc2ccc(C#N)c(F)c2)n1. The third-order valence-corrected chi connectivity index (χ3v) is 2.80. The third kappa shape index (κ3) is 2.80. The smallest absolute Gasteiger partial charge is 0.226 e. The van der Waals surface area contributed by atoms with Crippen molar-refractivity contribution in [2.45, 2.75) is 13.8 Å². The molecule has 0 bridgehead atoms. The molecule has 4 nitrogen and oxygen atoms in total. The predicted octanol–water partition coefficient (Wildman–Crippen LogP) is 3.55. The minimum atomic E-state index is -0.644. The van der Waals surface area contributed by atoms with E-state index in [1.165, 1.54) is 12.1 Å². The molecule has 96 valence electrons. The Balaban J connectivity index is 2.37. The maximum Gasteiger partial charge on any atom is 0.226 e. The van der Waals surface area contributed by atoms with Crippen LogP contribution < -0.4 is 4.74 Å². The second kappa shape index (κ2) is 5.21. The summed E-state index contributed by atoms with van der Waals surface area (Å²) in [6, 6.07) is 5.70. The van der Waals surface area contributed by atoms with Crippen LogP contribution in [0.3, 0.4) is 0 Å². The molecule has 0 radical (unpaired) electrons. The Hall–Kier alpha value is -2.19. The van der Waals surface area contributed by atoms with E-state index in [0.717, 1.165) is 6.07 Å². The number of rotatable bonds is 2. The van der Waals surface area contributed by atoms with E-state index in [4.69, 9.17) is 21.6 Å². The van der Waals surface area contributed by atoms with Crippen molar-refractivity contribution in [2.24, 2.45) is 0 Å². The van der Waals surface area contributed by atoms with Gasteiger partial charge in [-0.3, -0.25) is 0 Å². The minimum Gasteiger partial charge on any atom is -0.438 e. The lowest BCUT2D eigenvalue weighted by atomic mass is 10.2. The van der Waals surface area contributed by atoms with Gasteiger partial charge in [0.2, 0.25) is 5.88 Å². The van der Waals surface area contributed by atoms with Crippen molar-refractivity contribution in [2.75, 3.05) is 0 Å². The Morgan fingerprint density at radius 1 is 1.32 bits per heavy atom. The molecule has 2 aromatic rings. The molecule has 0 saturated carbocycles. The van der Waals surface area contributed by atoms with Crippen LogP contribution in [0.4, 0.5) is 4.39 Å². The average Bonchev–Trinajstić information content (AvgIpc) is 2.35. The molecule has 19 heavy (non-hydrogen) atoms. The zero-order chi connectivity index (χ0) is 14.0. The van der Waals surface area contributed by atoms with Crippen LogP contribution in [0.15, 0.2) is 18.2 Å². The maximum absolute atomic E-state index is 13.5. The van der Waals surface area contributed by atoms with Crippen LogP contribution >= 0.6 is 11.6 Å². The van der Waals surface area contributed by atoms with Crippen LogP contribution in [0, 0.1) is 31.0 Å². The first kappa shape index (κ1) is 13.2. The van der Waals surface area contributed by atoms with Gasteiger partial charge >= 0.3 is 0 Å². The van der Waals surface area contributed by atoms with Crippen LogP contribution in [0.2, 0.25) is 5.15 Å². The molecule has 0 unspecified atom stereocenters. The van der Waals surface area contributed by atoms with Crippen LogP contribution in [-0.4, -0.2) is 9.97 Å². The number of halogens is 2. The number of nitriles is 1. The summed E-state index contributed by atoms with van der Waals surface area (Å²) in [7, 11) is 0. The highest BCUT2D eigenvalue weighted by atomic mass is 35.5. The molecule has 2 rings (SSSR count). The molecule has 6 heteroatoms.